The van der Waals surface area contributed by atoms with Crippen LogP contribution in [0.5, 0.6) is 0 Å². The van der Waals surface area contributed by atoms with E-state index in [1.54, 1.807) is 4.52 Å². The lowest BCUT2D eigenvalue weighted by atomic mass is 10.2. The molecule has 0 spiro atoms. The predicted molar refractivity (Wildman–Crippen MR) is 97.0 cm³/mol. The molecule has 4 aromatic rings. The molecule has 6 heteroatoms. The van der Waals surface area contributed by atoms with Crippen molar-refractivity contribution in [3.8, 4) is 16.9 Å². The summed E-state index contributed by atoms with van der Waals surface area (Å²) in [7, 11) is 0. The highest BCUT2D eigenvalue weighted by atomic mass is 16.1. The van der Waals surface area contributed by atoms with Crippen molar-refractivity contribution in [1.29, 1.82) is 0 Å². The molecule has 3 heterocycles. The number of carbonyl (C=O) groups excluding carboxylic acids is 1. The van der Waals surface area contributed by atoms with Gasteiger partial charge in [-0.3, -0.25) is 4.79 Å². The molecule has 0 N–H and O–H groups in total. The zero-order chi connectivity index (χ0) is 17.5. The minimum Gasteiger partial charge on any atom is -0.299 e. The van der Waals surface area contributed by atoms with Crippen LogP contribution in [0, 0.1) is 5.92 Å². The van der Waals surface area contributed by atoms with Gasteiger partial charge in [0.05, 0.1) is 24.0 Å². The fraction of sp³-hybridized carbons (Fsp3) is 0.200. The lowest BCUT2D eigenvalue weighted by Crippen LogP contribution is -2.06. The predicted octanol–water partition coefficient (Wildman–Crippen LogP) is 3.10. The van der Waals surface area contributed by atoms with Crippen molar-refractivity contribution < 1.29 is 4.79 Å². The number of para-hydroxylation sites is 1. The van der Waals surface area contributed by atoms with E-state index in [4.69, 9.17) is 0 Å². The van der Waals surface area contributed by atoms with Gasteiger partial charge in [-0.2, -0.15) is 10.2 Å². The van der Waals surface area contributed by atoms with Crippen LogP contribution in [0.3, 0.4) is 0 Å². The molecular weight excluding hydrogens is 326 g/mol. The van der Waals surface area contributed by atoms with Crippen LogP contribution in [0.15, 0.2) is 60.9 Å². The van der Waals surface area contributed by atoms with Gasteiger partial charge < -0.3 is 0 Å². The minimum absolute atomic E-state index is 0.227. The molecule has 26 heavy (non-hydrogen) atoms. The Bertz CT molecular complexity index is 1090. The van der Waals surface area contributed by atoms with E-state index in [-0.39, 0.29) is 11.7 Å². The third kappa shape index (κ3) is 2.69. The second-order valence-electron chi connectivity index (χ2n) is 6.64. The molecular formula is C20H17N5O. The van der Waals surface area contributed by atoms with E-state index >= 15 is 0 Å². The number of benzene rings is 1. The van der Waals surface area contributed by atoms with Gasteiger partial charge in [0.25, 0.3) is 0 Å². The summed E-state index contributed by atoms with van der Waals surface area (Å²) in [6, 6.07) is 15.8. The van der Waals surface area contributed by atoms with Gasteiger partial charge in [-0.25, -0.2) is 14.2 Å². The van der Waals surface area contributed by atoms with Crippen LogP contribution in [0.1, 0.15) is 18.7 Å². The molecule has 3 aromatic heterocycles. The van der Waals surface area contributed by atoms with E-state index in [0.29, 0.717) is 12.2 Å². The number of aromatic nitrogens is 5. The van der Waals surface area contributed by atoms with Crippen molar-refractivity contribution in [2.75, 3.05) is 0 Å². The van der Waals surface area contributed by atoms with Crippen LogP contribution in [0.2, 0.25) is 0 Å². The Kier molecular flexibility index (Phi) is 3.41. The van der Waals surface area contributed by atoms with Crippen molar-refractivity contribution in [2.24, 2.45) is 5.92 Å². The van der Waals surface area contributed by atoms with Gasteiger partial charge in [0.2, 0.25) is 0 Å². The van der Waals surface area contributed by atoms with Crippen molar-refractivity contribution in [2.45, 2.75) is 19.3 Å². The first kappa shape index (κ1) is 15.0. The number of rotatable bonds is 5. The van der Waals surface area contributed by atoms with Crippen LogP contribution in [-0.4, -0.2) is 30.2 Å². The van der Waals surface area contributed by atoms with Crippen molar-refractivity contribution in [3.05, 3.63) is 66.7 Å². The zero-order valence-corrected chi connectivity index (χ0v) is 14.1. The molecule has 1 saturated carbocycles. The van der Waals surface area contributed by atoms with Gasteiger partial charge in [-0.15, -0.1) is 0 Å². The minimum atomic E-state index is 0.227. The van der Waals surface area contributed by atoms with Gasteiger partial charge in [0.15, 0.2) is 11.5 Å². The SMILES string of the molecule is O=C(Cc1nc2cccc(-c3cnn(-c4ccccc4)c3)n2n1)C1CC1. The normalized spacial score (nSPS) is 14.0. The number of hydrogen-bond donors (Lipinski definition) is 0. The van der Waals surface area contributed by atoms with Gasteiger partial charge in [-0.1, -0.05) is 24.3 Å². The molecule has 1 aromatic carbocycles. The maximum atomic E-state index is 12.1. The quantitative estimate of drug-likeness (QED) is 0.558. The average molecular weight is 343 g/mol. The standard InChI is InChI=1S/C20H17N5O/c26-18(14-9-10-14)11-19-22-20-8-4-7-17(25(20)23-19)15-12-21-24(13-15)16-5-2-1-3-6-16/h1-8,12-14H,9-11H2. The Balaban J connectivity index is 1.51. The number of nitrogens with zero attached hydrogens (tertiary/aromatic N) is 5. The van der Waals surface area contributed by atoms with Crippen molar-refractivity contribution in [3.63, 3.8) is 0 Å². The summed E-state index contributed by atoms with van der Waals surface area (Å²) in [5, 5.41) is 9.03. The molecule has 0 saturated heterocycles. The summed E-state index contributed by atoms with van der Waals surface area (Å²) in [4.78, 5) is 16.6. The highest BCUT2D eigenvalue weighted by Crippen LogP contribution is 2.30. The molecule has 0 radical (unpaired) electrons. The molecule has 5 rings (SSSR count). The zero-order valence-electron chi connectivity index (χ0n) is 14.1. The van der Waals surface area contributed by atoms with E-state index in [0.717, 1.165) is 35.4 Å². The van der Waals surface area contributed by atoms with E-state index in [9.17, 15) is 4.79 Å². The van der Waals surface area contributed by atoms with Crippen molar-refractivity contribution >= 4 is 11.4 Å². The Morgan fingerprint density at radius 1 is 1.08 bits per heavy atom. The molecule has 0 bridgehead atoms. The summed E-state index contributed by atoms with van der Waals surface area (Å²) in [6.45, 7) is 0. The highest BCUT2D eigenvalue weighted by molar-refractivity contribution is 5.84. The molecule has 1 aliphatic rings. The summed E-state index contributed by atoms with van der Waals surface area (Å²) in [6.07, 6.45) is 6.13. The van der Waals surface area contributed by atoms with Crippen LogP contribution in [0.25, 0.3) is 22.6 Å². The first-order chi connectivity index (χ1) is 12.8. The number of pyridine rings is 1. The average Bonchev–Trinajstić information content (AvgIpc) is 3.26. The van der Waals surface area contributed by atoms with E-state index in [1.165, 1.54) is 0 Å². The highest BCUT2D eigenvalue weighted by Gasteiger charge is 2.30. The Hall–Kier alpha value is -3.28. The fourth-order valence-electron chi connectivity index (χ4n) is 3.13. The van der Waals surface area contributed by atoms with E-state index in [1.807, 2.05) is 65.6 Å². The first-order valence-corrected chi connectivity index (χ1v) is 8.76. The lowest BCUT2D eigenvalue weighted by Gasteiger charge is -2.01. The number of Topliss-reactive ketones (excluding diaryl/α,β-unsaturated/α-hetero) is 1. The molecule has 0 aliphatic heterocycles. The second-order valence-corrected chi connectivity index (χ2v) is 6.64. The third-order valence-electron chi connectivity index (χ3n) is 4.67. The molecule has 1 fully saturated rings. The molecule has 6 nitrogen and oxygen atoms in total. The first-order valence-electron chi connectivity index (χ1n) is 8.76. The van der Waals surface area contributed by atoms with Gasteiger partial charge in [0, 0.05) is 17.7 Å². The number of hydrogen-bond acceptors (Lipinski definition) is 4. The van der Waals surface area contributed by atoms with Crippen LogP contribution >= 0.6 is 0 Å². The summed E-state index contributed by atoms with van der Waals surface area (Å²) < 4.78 is 3.63. The second kappa shape index (κ2) is 5.91. The molecule has 128 valence electrons. The van der Waals surface area contributed by atoms with E-state index in [2.05, 4.69) is 15.2 Å². The van der Waals surface area contributed by atoms with Gasteiger partial charge in [-0.05, 0) is 37.1 Å². The van der Waals surface area contributed by atoms with Gasteiger partial charge in [0.1, 0.15) is 5.78 Å². The van der Waals surface area contributed by atoms with Crippen molar-refractivity contribution in [1.82, 2.24) is 24.4 Å². The number of carbonyl (C=O) groups is 1. The third-order valence-corrected chi connectivity index (χ3v) is 4.67. The molecule has 0 atom stereocenters. The summed E-state index contributed by atoms with van der Waals surface area (Å²) in [5.41, 5.74) is 3.60. The van der Waals surface area contributed by atoms with Crippen LogP contribution in [0.4, 0.5) is 0 Å². The Morgan fingerprint density at radius 2 is 1.92 bits per heavy atom. The number of ketones is 1. The monoisotopic (exact) mass is 343 g/mol. The molecule has 0 unspecified atom stereocenters. The largest absolute Gasteiger partial charge is 0.299 e. The summed E-state index contributed by atoms with van der Waals surface area (Å²) in [5.74, 6) is 1.06. The lowest BCUT2D eigenvalue weighted by molar-refractivity contribution is -0.119. The topological polar surface area (TPSA) is 65.1 Å². The fourth-order valence-corrected chi connectivity index (χ4v) is 3.13. The Labute approximate surface area is 150 Å². The number of fused-ring (bicyclic) bond motifs is 1. The molecule has 0 amide bonds. The maximum absolute atomic E-state index is 12.1. The summed E-state index contributed by atoms with van der Waals surface area (Å²) >= 11 is 0. The maximum Gasteiger partial charge on any atom is 0.159 e. The smallest absolute Gasteiger partial charge is 0.159 e. The van der Waals surface area contributed by atoms with Crippen LogP contribution < -0.4 is 0 Å². The van der Waals surface area contributed by atoms with Gasteiger partial charge >= 0.3 is 0 Å². The van der Waals surface area contributed by atoms with Crippen LogP contribution in [-0.2, 0) is 11.2 Å². The molecule has 1 aliphatic carbocycles. The van der Waals surface area contributed by atoms with E-state index < -0.39 is 0 Å². The Morgan fingerprint density at radius 3 is 2.73 bits per heavy atom.